The van der Waals surface area contributed by atoms with Gasteiger partial charge in [0.1, 0.15) is 0 Å². The molecule has 3 aliphatic rings. The summed E-state index contributed by atoms with van der Waals surface area (Å²) in [6.07, 6.45) is 5.60. The molecule has 0 radical (unpaired) electrons. The van der Waals surface area contributed by atoms with Gasteiger partial charge < -0.3 is 5.32 Å². The molecule has 17 heavy (non-hydrogen) atoms. The van der Waals surface area contributed by atoms with Gasteiger partial charge in [-0.3, -0.25) is 4.68 Å². The van der Waals surface area contributed by atoms with E-state index >= 15 is 0 Å². The van der Waals surface area contributed by atoms with Crippen molar-refractivity contribution in [2.24, 2.45) is 11.3 Å². The average Bonchev–Trinajstić information content (AvgIpc) is 2.94. The zero-order valence-corrected chi connectivity index (χ0v) is 10.6. The van der Waals surface area contributed by atoms with Crippen molar-refractivity contribution in [3.63, 3.8) is 0 Å². The van der Waals surface area contributed by atoms with Crippen LogP contribution in [0.3, 0.4) is 0 Å². The van der Waals surface area contributed by atoms with Crippen LogP contribution >= 0.6 is 0 Å². The van der Waals surface area contributed by atoms with Gasteiger partial charge in [-0.2, -0.15) is 5.10 Å². The molecule has 2 heterocycles. The van der Waals surface area contributed by atoms with Gasteiger partial charge in [0.25, 0.3) is 0 Å². The maximum Gasteiger partial charge on any atom is 0.0596 e. The number of hydrogen-bond donors (Lipinski definition) is 1. The van der Waals surface area contributed by atoms with Gasteiger partial charge in [0.15, 0.2) is 0 Å². The third kappa shape index (κ3) is 1.63. The Kier molecular flexibility index (Phi) is 1.99. The second kappa shape index (κ2) is 3.35. The van der Waals surface area contributed by atoms with E-state index in [4.69, 9.17) is 0 Å². The van der Waals surface area contributed by atoms with E-state index in [0.29, 0.717) is 5.41 Å². The molecule has 0 amide bonds. The van der Waals surface area contributed by atoms with E-state index in [1.165, 1.54) is 56.7 Å². The molecule has 1 aromatic rings. The first-order chi connectivity index (χ1) is 8.24. The van der Waals surface area contributed by atoms with Crippen LogP contribution < -0.4 is 5.32 Å². The van der Waals surface area contributed by atoms with E-state index in [1.807, 2.05) is 0 Å². The summed E-state index contributed by atoms with van der Waals surface area (Å²) in [6, 6.07) is 2.30. The molecular formula is C14H21N3. The lowest BCUT2D eigenvalue weighted by Crippen LogP contribution is -2.60. The summed E-state index contributed by atoms with van der Waals surface area (Å²) in [7, 11) is 0. The van der Waals surface area contributed by atoms with Crippen molar-refractivity contribution in [2.45, 2.75) is 45.1 Å². The standard InChI is InChI=1S/C14H21N3/c1-10-4-13(12-2-3-12)17(16-10)7-11-5-14(6-11)8-15-9-14/h4,11-12,15H,2-3,5-9H2,1H3. The molecule has 0 bridgehead atoms. The zero-order valence-electron chi connectivity index (χ0n) is 10.6. The second-order valence-electron chi connectivity index (χ2n) is 6.54. The Morgan fingerprint density at radius 3 is 2.76 bits per heavy atom. The molecule has 3 heteroatoms. The predicted octanol–water partition coefficient (Wildman–Crippen LogP) is 2.07. The molecule has 1 spiro atoms. The summed E-state index contributed by atoms with van der Waals surface area (Å²) < 4.78 is 2.32. The van der Waals surface area contributed by atoms with Gasteiger partial charge in [0, 0.05) is 31.2 Å². The molecule has 92 valence electrons. The Labute approximate surface area is 103 Å². The highest BCUT2D eigenvalue weighted by molar-refractivity contribution is 5.18. The van der Waals surface area contributed by atoms with E-state index in [2.05, 4.69) is 28.1 Å². The third-order valence-corrected chi connectivity index (χ3v) is 4.80. The Morgan fingerprint density at radius 1 is 1.41 bits per heavy atom. The molecule has 1 N–H and O–H groups in total. The molecule has 1 aromatic heterocycles. The van der Waals surface area contributed by atoms with Gasteiger partial charge in [-0.25, -0.2) is 0 Å². The van der Waals surface area contributed by atoms with Crippen molar-refractivity contribution in [1.82, 2.24) is 15.1 Å². The fourth-order valence-corrected chi connectivity index (χ4v) is 3.73. The van der Waals surface area contributed by atoms with Crippen molar-refractivity contribution < 1.29 is 0 Å². The van der Waals surface area contributed by atoms with Crippen LogP contribution in [-0.4, -0.2) is 22.9 Å². The van der Waals surface area contributed by atoms with Gasteiger partial charge in [0.2, 0.25) is 0 Å². The van der Waals surface area contributed by atoms with Crippen LogP contribution in [0.5, 0.6) is 0 Å². The highest BCUT2D eigenvalue weighted by Gasteiger charge is 2.48. The van der Waals surface area contributed by atoms with E-state index in [9.17, 15) is 0 Å². The minimum atomic E-state index is 0.701. The molecule has 3 fully saturated rings. The molecule has 0 aromatic carbocycles. The zero-order chi connectivity index (χ0) is 11.5. The molecule has 0 atom stereocenters. The first-order valence-corrected chi connectivity index (χ1v) is 6.99. The fourth-order valence-electron chi connectivity index (χ4n) is 3.73. The molecule has 0 unspecified atom stereocenters. The van der Waals surface area contributed by atoms with Crippen LogP contribution in [0, 0.1) is 18.3 Å². The predicted molar refractivity (Wildman–Crippen MR) is 67.0 cm³/mol. The summed E-state index contributed by atoms with van der Waals surface area (Å²) in [5, 5.41) is 8.10. The fraction of sp³-hybridized carbons (Fsp3) is 0.786. The Balaban J connectivity index is 1.45. The van der Waals surface area contributed by atoms with Gasteiger partial charge in [-0.05, 0) is 50.0 Å². The quantitative estimate of drug-likeness (QED) is 0.863. The highest BCUT2D eigenvalue weighted by atomic mass is 15.3. The number of rotatable bonds is 3. The van der Waals surface area contributed by atoms with Crippen molar-refractivity contribution in [3.8, 4) is 0 Å². The molecule has 4 rings (SSSR count). The Morgan fingerprint density at radius 2 is 2.18 bits per heavy atom. The summed E-state index contributed by atoms with van der Waals surface area (Å²) in [5.74, 6) is 1.71. The van der Waals surface area contributed by atoms with E-state index < -0.39 is 0 Å². The maximum atomic E-state index is 4.69. The third-order valence-electron chi connectivity index (χ3n) is 4.80. The van der Waals surface area contributed by atoms with Crippen LogP contribution in [0.25, 0.3) is 0 Å². The maximum absolute atomic E-state index is 4.69. The number of aryl methyl sites for hydroxylation is 1. The number of nitrogens with one attached hydrogen (secondary N) is 1. The Bertz CT molecular complexity index is 432. The van der Waals surface area contributed by atoms with E-state index in [1.54, 1.807) is 0 Å². The first kappa shape index (κ1) is 10.1. The lowest BCUT2D eigenvalue weighted by molar-refractivity contribution is -0.00899. The Hall–Kier alpha value is -0.830. The normalized spacial score (nSPS) is 26.9. The SMILES string of the molecule is Cc1cc(C2CC2)n(CC2CC3(CNC3)C2)n1. The minimum Gasteiger partial charge on any atom is -0.316 e. The number of nitrogens with zero attached hydrogens (tertiary/aromatic N) is 2. The second-order valence-corrected chi connectivity index (χ2v) is 6.54. The van der Waals surface area contributed by atoms with Crippen LogP contribution in [0.4, 0.5) is 0 Å². The van der Waals surface area contributed by atoms with Gasteiger partial charge in [0.05, 0.1) is 5.69 Å². The molecule has 1 aliphatic heterocycles. The summed E-state index contributed by atoms with van der Waals surface area (Å²) in [4.78, 5) is 0. The van der Waals surface area contributed by atoms with Crippen molar-refractivity contribution >= 4 is 0 Å². The summed E-state index contributed by atoms with van der Waals surface area (Å²) >= 11 is 0. The molecule has 2 saturated carbocycles. The van der Waals surface area contributed by atoms with Crippen LogP contribution in [-0.2, 0) is 6.54 Å². The summed E-state index contributed by atoms with van der Waals surface area (Å²) in [5.41, 5.74) is 3.41. The van der Waals surface area contributed by atoms with Crippen molar-refractivity contribution in [3.05, 3.63) is 17.5 Å². The van der Waals surface area contributed by atoms with E-state index in [0.717, 1.165) is 11.8 Å². The lowest BCUT2D eigenvalue weighted by atomic mass is 9.58. The topological polar surface area (TPSA) is 29.9 Å². The lowest BCUT2D eigenvalue weighted by Gasteiger charge is -2.54. The van der Waals surface area contributed by atoms with Crippen LogP contribution in [0.1, 0.15) is 43.0 Å². The summed E-state index contributed by atoms with van der Waals surface area (Å²) in [6.45, 7) is 5.82. The number of aromatic nitrogens is 2. The monoisotopic (exact) mass is 231 g/mol. The molecule has 2 aliphatic carbocycles. The van der Waals surface area contributed by atoms with Crippen LogP contribution in [0.15, 0.2) is 6.07 Å². The minimum absolute atomic E-state index is 0.701. The largest absolute Gasteiger partial charge is 0.316 e. The number of hydrogen-bond acceptors (Lipinski definition) is 2. The molecular weight excluding hydrogens is 210 g/mol. The van der Waals surface area contributed by atoms with Gasteiger partial charge >= 0.3 is 0 Å². The van der Waals surface area contributed by atoms with Crippen molar-refractivity contribution in [1.29, 1.82) is 0 Å². The smallest absolute Gasteiger partial charge is 0.0596 e. The van der Waals surface area contributed by atoms with Crippen LogP contribution in [0.2, 0.25) is 0 Å². The molecule has 3 nitrogen and oxygen atoms in total. The van der Waals surface area contributed by atoms with E-state index in [-0.39, 0.29) is 0 Å². The first-order valence-electron chi connectivity index (χ1n) is 6.99. The van der Waals surface area contributed by atoms with Gasteiger partial charge in [-0.15, -0.1) is 0 Å². The average molecular weight is 231 g/mol. The van der Waals surface area contributed by atoms with Gasteiger partial charge in [-0.1, -0.05) is 0 Å². The van der Waals surface area contributed by atoms with Crippen molar-refractivity contribution in [2.75, 3.05) is 13.1 Å². The molecule has 1 saturated heterocycles. The highest BCUT2D eigenvalue weighted by Crippen LogP contribution is 2.49.